The van der Waals surface area contributed by atoms with E-state index in [-0.39, 0.29) is 0 Å². The first-order valence-electron chi connectivity index (χ1n) is 6.56. The van der Waals surface area contributed by atoms with Crippen molar-refractivity contribution in [3.05, 3.63) is 17.7 Å². The van der Waals surface area contributed by atoms with Gasteiger partial charge in [-0.05, 0) is 30.5 Å². The van der Waals surface area contributed by atoms with Crippen LogP contribution in [0.15, 0.2) is 12.1 Å². The van der Waals surface area contributed by atoms with Gasteiger partial charge in [-0.2, -0.15) is 0 Å². The van der Waals surface area contributed by atoms with E-state index in [0.717, 1.165) is 23.8 Å². The van der Waals surface area contributed by atoms with E-state index in [1.165, 1.54) is 24.8 Å². The number of methoxy groups -OCH3 is 1. The molecule has 1 fully saturated rings. The van der Waals surface area contributed by atoms with Crippen molar-refractivity contribution in [3.63, 3.8) is 0 Å². The van der Waals surface area contributed by atoms with Crippen molar-refractivity contribution in [3.8, 4) is 17.2 Å². The largest absolute Gasteiger partial charge is 0.493 e. The van der Waals surface area contributed by atoms with E-state index >= 15 is 0 Å². The van der Waals surface area contributed by atoms with Crippen LogP contribution in [0.5, 0.6) is 17.2 Å². The van der Waals surface area contributed by atoms with Crippen molar-refractivity contribution < 1.29 is 14.2 Å². The summed E-state index contributed by atoms with van der Waals surface area (Å²) in [4.78, 5) is 0. The average Bonchev–Trinajstić information content (AvgIpc) is 2.36. The first-order chi connectivity index (χ1) is 8.86. The second kappa shape index (κ2) is 5.06. The molecular formula is C14H19NO3. The third kappa shape index (κ3) is 2.25. The maximum absolute atomic E-state index is 5.62. The molecule has 0 bridgehead atoms. The van der Waals surface area contributed by atoms with Crippen molar-refractivity contribution >= 4 is 0 Å². The number of fused-ring (bicyclic) bond motifs is 1. The maximum atomic E-state index is 5.62. The maximum Gasteiger partial charge on any atom is 0.203 e. The Hall–Kier alpha value is -1.42. The fourth-order valence-electron chi connectivity index (χ4n) is 2.30. The normalized spacial score (nSPS) is 18.3. The molecule has 4 nitrogen and oxygen atoms in total. The quantitative estimate of drug-likeness (QED) is 0.887. The zero-order chi connectivity index (χ0) is 12.4. The molecule has 1 heterocycles. The second-order valence-corrected chi connectivity index (χ2v) is 4.83. The molecule has 1 N–H and O–H groups in total. The summed E-state index contributed by atoms with van der Waals surface area (Å²) in [6.07, 6.45) is 3.94. The molecule has 1 saturated carbocycles. The zero-order valence-electron chi connectivity index (χ0n) is 10.7. The summed E-state index contributed by atoms with van der Waals surface area (Å²) in [7, 11) is 1.66. The monoisotopic (exact) mass is 249 g/mol. The number of benzene rings is 1. The van der Waals surface area contributed by atoms with E-state index in [1.54, 1.807) is 7.11 Å². The minimum atomic E-state index is 0.586. The highest BCUT2D eigenvalue weighted by molar-refractivity contribution is 5.54. The van der Waals surface area contributed by atoms with Gasteiger partial charge < -0.3 is 19.5 Å². The molecule has 3 rings (SSSR count). The molecule has 0 atom stereocenters. The number of hydrogen-bond acceptors (Lipinski definition) is 4. The summed E-state index contributed by atoms with van der Waals surface area (Å²) in [5, 5.41) is 3.54. The molecule has 2 aliphatic rings. The van der Waals surface area contributed by atoms with Gasteiger partial charge in [-0.3, -0.25) is 0 Å². The topological polar surface area (TPSA) is 39.7 Å². The second-order valence-electron chi connectivity index (χ2n) is 4.83. The minimum Gasteiger partial charge on any atom is -0.493 e. The molecule has 1 aliphatic heterocycles. The number of rotatable bonds is 4. The molecule has 4 heteroatoms. The lowest BCUT2D eigenvalue weighted by molar-refractivity contribution is 0.165. The van der Waals surface area contributed by atoms with E-state index in [1.807, 2.05) is 12.1 Å². The van der Waals surface area contributed by atoms with Crippen molar-refractivity contribution in [2.45, 2.75) is 31.8 Å². The van der Waals surface area contributed by atoms with E-state index in [2.05, 4.69) is 5.32 Å². The first-order valence-corrected chi connectivity index (χ1v) is 6.56. The summed E-state index contributed by atoms with van der Waals surface area (Å²) in [5.41, 5.74) is 1.18. The lowest BCUT2D eigenvalue weighted by Gasteiger charge is -2.27. The third-order valence-corrected chi connectivity index (χ3v) is 3.59. The van der Waals surface area contributed by atoms with Gasteiger partial charge in [0.25, 0.3) is 0 Å². The molecule has 0 spiro atoms. The van der Waals surface area contributed by atoms with Gasteiger partial charge in [0, 0.05) is 12.6 Å². The number of hydrogen-bond donors (Lipinski definition) is 1. The molecule has 0 saturated heterocycles. The SMILES string of the molecule is COc1cc(CNC2CCC2)cc2c1OCCO2. The summed E-state index contributed by atoms with van der Waals surface area (Å²) in [5.74, 6) is 2.29. The van der Waals surface area contributed by atoms with Gasteiger partial charge in [0.1, 0.15) is 13.2 Å². The number of nitrogens with one attached hydrogen (secondary N) is 1. The summed E-state index contributed by atoms with van der Waals surface area (Å²) < 4.78 is 16.6. The lowest BCUT2D eigenvalue weighted by atomic mass is 9.93. The molecule has 18 heavy (non-hydrogen) atoms. The van der Waals surface area contributed by atoms with Crippen LogP contribution in [0.1, 0.15) is 24.8 Å². The molecule has 0 unspecified atom stereocenters. The summed E-state index contributed by atoms with van der Waals surface area (Å²) >= 11 is 0. The van der Waals surface area contributed by atoms with Gasteiger partial charge in [0.2, 0.25) is 5.75 Å². The fraction of sp³-hybridized carbons (Fsp3) is 0.571. The molecular weight excluding hydrogens is 230 g/mol. The highest BCUT2D eigenvalue weighted by atomic mass is 16.6. The Kier molecular flexibility index (Phi) is 3.28. The molecule has 1 aromatic rings. The molecule has 0 radical (unpaired) electrons. The predicted molar refractivity (Wildman–Crippen MR) is 68.5 cm³/mol. The number of ether oxygens (including phenoxy) is 3. The Morgan fingerprint density at radius 3 is 2.83 bits per heavy atom. The zero-order valence-corrected chi connectivity index (χ0v) is 10.7. The molecule has 98 valence electrons. The van der Waals surface area contributed by atoms with Crippen LogP contribution in [0.25, 0.3) is 0 Å². The minimum absolute atomic E-state index is 0.586. The van der Waals surface area contributed by atoms with Crippen molar-refractivity contribution in [2.75, 3.05) is 20.3 Å². The smallest absolute Gasteiger partial charge is 0.203 e. The Bertz CT molecular complexity index is 412. The van der Waals surface area contributed by atoms with Gasteiger partial charge in [-0.15, -0.1) is 0 Å². The van der Waals surface area contributed by atoms with E-state index in [0.29, 0.717) is 19.3 Å². The summed E-state index contributed by atoms with van der Waals surface area (Å²) in [6, 6.07) is 4.76. The Labute approximate surface area is 107 Å². The van der Waals surface area contributed by atoms with Crippen LogP contribution >= 0.6 is 0 Å². The highest BCUT2D eigenvalue weighted by Gasteiger charge is 2.20. The van der Waals surface area contributed by atoms with Gasteiger partial charge in [0.15, 0.2) is 11.5 Å². The van der Waals surface area contributed by atoms with Crippen LogP contribution in [0.4, 0.5) is 0 Å². The van der Waals surface area contributed by atoms with Crippen LogP contribution < -0.4 is 19.5 Å². The van der Waals surface area contributed by atoms with Crippen LogP contribution in [0, 0.1) is 0 Å². The standard InChI is InChI=1S/C14H19NO3/c1-16-12-7-10(9-15-11-3-2-4-11)8-13-14(12)18-6-5-17-13/h7-8,11,15H,2-6,9H2,1H3. The van der Waals surface area contributed by atoms with Crippen LogP contribution in [-0.2, 0) is 6.54 Å². The average molecular weight is 249 g/mol. The van der Waals surface area contributed by atoms with Crippen LogP contribution in [0.3, 0.4) is 0 Å². The van der Waals surface area contributed by atoms with E-state index in [9.17, 15) is 0 Å². The van der Waals surface area contributed by atoms with Crippen molar-refractivity contribution in [1.82, 2.24) is 5.32 Å². The molecule has 1 aromatic carbocycles. The van der Waals surface area contributed by atoms with Gasteiger partial charge in [0.05, 0.1) is 7.11 Å². The van der Waals surface area contributed by atoms with E-state index in [4.69, 9.17) is 14.2 Å². The lowest BCUT2D eigenvalue weighted by Crippen LogP contribution is -2.34. The first kappa shape index (κ1) is 11.7. The van der Waals surface area contributed by atoms with Crippen LogP contribution in [-0.4, -0.2) is 26.4 Å². The predicted octanol–water partition coefficient (Wildman–Crippen LogP) is 2.11. The van der Waals surface area contributed by atoms with Crippen molar-refractivity contribution in [1.29, 1.82) is 0 Å². The Morgan fingerprint density at radius 1 is 1.28 bits per heavy atom. The third-order valence-electron chi connectivity index (χ3n) is 3.59. The summed E-state index contributed by atoms with van der Waals surface area (Å²) in [6.45, 7) is 2.05. The van der Waals surface area contributed by atoms with Gasteiger partial charge in [-0.25, -0.2) is 0 Å². The van der Waals surface area contributed by atoms with Gasteiger partial charge >= 0.3 is 0 Å². The van der Waals surface area contributed by atoms with Crippen LogP contribution in [0.2, 0.25) is 0 Å². The molecule has 0 amide bonds. The molecule has 1 aliphatic carbocycles. The van der Waals surface area contributed by atoms with Gasteiger partial charge in [-0.1, -0.05) is 6.42 Å². The van der Waals surface area contributed by atoms with Crippen molar-refractivity contribution in [2.24, 2.45) is 0 Å². The Balaban J connectivity index is 1.76. The Morgan fingerprint density at radius 2 is 2.11 bits per heavy atom. The highest BCUT2D eigenvalue weighted by Crippen LogP contribution is 2.40. The molecule has 0 aromatic heterocycles. The van der Waals surface area contributed by atoms with E-state index < -0.39 is 0 Å². The fourth-order valence-corrected chi connectivity index (χ4v) is 2.30.